The Bertz CT molecular complexity index is 752. The van der Waals surface area contributed by atoms with Crippen LogP contribution >= 0.6 is 0 Å². The van der Waals surface area contributed by atoms with Crippen LogP contribution in [0.5, 0.6) is 0 Å². The third kappa shape index (κ3) is 5.03. The molecule has 0 aromatic carbocycles. The number of aromatic nitrogens is 2. The number of carbonyl (C=O) groups excluding carboxylic acids is 1. The number of aryl methyl sites for hydroxylation is 1. The maximum absolute atomic E-state index is 12.8. The van der Waals surface area contributed by atoms with Gasteiger partial charge in [-0.1, -0.05) is 0 Å². The fourth-order valence-electron chi connectivity index (χ4n) is 2.70. The Morgan fingerprint density at radius 2 is 2.08 bits per heavy atom. The number of rotatable bonds is 4. The predicted molar refractivity (Wildman–Crippen MR) is 83.4 cm³/mol. The molecular formula is C14H19F3N4O3S. The van der Waals surface area contributed by atoms with Crippen molar-refractivity contribution >= 4 is 15.9 Å². The molecule has 2 heterocycles. The number of amides is 2. The molecule has 0 radical (unpaired) electrons. The SMILES string of the molecule is CCN(C(=O)NCc1nc(C)cc(C(F)(F)F)n1)C1CCS(=O)(=O)C1. The summed E-state index contributed by atoms with van der Waals surface area (Å²) in [6.45, 7) is 3.12. The molecule has 2 rings (SSSR count). The molecule has 0 spiro atoms. The number of carbonyl (C=O) groups is 1. The first-order chi connectivity index (χ1) is 11.5. The van der Waals surface area contributed by atoms with Gasteiger partial charge in [0.2, 0.25) is 0 Å². The molecule has 140 valence electrons. The van der Waals surface area contributed by atoms with Gasteiger partial charge in [0.05, 0.1) is 18.1 Å². The summed E-state index contributed by atoms with van der Waals surface area (Å²) in [6, 6.07) is -0.157. The quantitative estimate of drug-likeness (QED) is 0.855. The van der Waals surface area contributed by atoms with Gasteiger partial charge in [0.25, 0.3) is 0 Å². The first-order valence-electron chi connectivity index (χ1n) is 7.68. The Labute approximate surface area is 143 Å². The number of nitrogens with one attached hydrogen (secondary N) is 1. The summed E-state index contributed by atoms with van der Waals surface area (Å²) in [5, 5.41) is 2.46. The first kappa shape index (κ1) is 19.4. The molecule has 11 heteroatoms. The Kier molecular flexibility index (Phi) is 5.55. The van der Waals surface area contributed by atoms with E-state index in [0.717, 1.165) is 6.07 Å². The molecule has 1 N–H and O–H groups in total. The third-order valence-electron chi connectivity index (χ3n) is 3.84. The lowest BCUT2D eigenvalue weighted by molar-refractivity contribution is -0.141. The van der Waals surface area contributed by atoms with Crippen LogP contribution in [0.2, 0.25) is 0 Å². The normalized spacial score (nSPS) is 19.6. The minimum Gasteiger partial charge on any atom is -0.331 e. The Hall–Kier alpha value is -1.91. The summed E-state index contributed by atoms with van der Waals surface area (Å²) in [7, 11) is -3.15. The molecule has 1 fully saturated rings. The van der Waals surface area contributed by atoms with Crippen LogP contribution in [0.4, 0.5) is 18.0 Å². The van der Waals surface area contributed by atoms with E-state index in [1.54, 1.807) is 6.92 Å². The van der Waals surface area contributed by atoms with Crippen molar-refractivity contribution < 1.29 is 26.4 Å². The van der Waals surface area contributed by atoms with Gasteiger partial charge in [-0.25, -0.2) is 23.2 Å². The molecule has 1 unspecified atom stereocenters. The first-order valence-corrected chi connectivity index (χ1v) is 9.50. The van der Waals surface area contributed by atoms with Gasteiger partial charge >= 0.3 is 12.2 Å². The lowest BCUT2D eigenvalue weighted by atomic mass is 10.2. The highest BCUT2D eigenvalue weighted by atomic mass is 32.2. The van der Waals surface area contributed by atoms with Crippen LogP contribution in [-0.2, 0) is 22.6 Å². The summed E-state index contributed by atoms with van der Waals surface area (Å²) < 4.78 is 61.4. The van der Waals surface area contributed by atoms with Gasteiger partial charge in [0, 0.05) is 18.3 Å². The van der Waals surface area contributed by atoms with Crippen LogP contribution in [0.3, 0.4) is 0 Å². The van der Waals surface area contributed by atoms with Crippen molar-refractivity contribution in [2.24, 2.45) is 0 Å². The van der Waals surface area contributed by atoms with Crippen molar-refractivity contribution in [3.63, 3.8) is 0 Å². The zero-order valence-electron chi connectivity index (χ0n) is 13.8. The highest BCUT2D eigenvalue weighted by Gasteiger charge is 2.35. The second-order valence-electron chi connectivity index (χ2n) is 5.81. The Morgan fingerprint density at radius 3 is 2.60 bits per heavy atom. The fraction of sp³-hybridized carbons (Fsp3) is 0.643. The topological polar surface area (TPSA) is 92.3 Å². The highest BCUT2D eigenvalue weighted by molar-refractivity contribution is 7.91. The third-order valence-corrected chi connectivity index (χ3v) is 5.59. The molecule has 2 amide bonds. The number of halogens is 3. The number of hydrogen-bond acceptors (Lipinski definition) is 5. The molecule has 1 atom stereocenters. The van der Waals surface area contributed by atoms with Crippen molar-refractivity contribution in [1.29, 1.82) is 0 Å². The van der Waals surface area contributed by atoms with Crippen molar-refractivity contribution in [3.05, 3.63) is 23.3 Å². The monoisotopic (exact) mass is 380 g/mol. The summed E-state index contributed by atoms with van der Waals surface area (Å²) in [5.41, 5.74) is -0.931. The molecule has 0 saturated carbocycles. The molecule has 7 nitrogen and oxygen atoms in total. The molecule has 1 aliphatic rings. The van der Waals surface area contributed by atoms with Crippen LogP contribution in [0.25, 0.3) is 0 Å². The van der Waals surface area contributed by atoms with Gasteiger partial charge in [0.15, 0.2) is 9.84 Å². The summed E-state index contributed by atoms with van der Waals surface area (Å²) >= 11 is 0. The van der Waals surface area contributed by atoms with Gasteiger partial charge in [-0.2, -0.15) is 13.2 Å². The maximum Gasteiger partial charge on any atom is 0.433 e. The fourth-order valence-corrected chi connectivity index (χ4v) is 4.43. The van der Waals surface area contributed by atoms with Crippen LogP contribution in [0.15, 0.2) is 6.07 Å². The zero-order chi connectivity index (χ0) is 18.8. The molecule has 1 saturated heterocycles. The summed E-state index contributed by atoms with van der Waals surface area (Å²) in [5.74, 6) is -0.235. The maximum atomic E-state index is 12.8. The van der Waals surface area contributed by atoms with Gasteiger partial charge in [-0.15, -0.1) is 0 Å². The van der Waals surface area contributed by atoms with E-state index in [9.17, 15) is 26.4 Å². The van der Waals surface area contributed by atoms with Gasteiger partial charge in [-0.3, -0.25) is 0 Å². The molecule has 1 aromatic heterocycles. The van der Waals surface area contributed by atoms with Gasteiger partial charge in [0.1, 0.15) is 11.5 Å². The second-order valence-corrected chi connectivity index (χ2v) is 8.04. The molecule has 1 aliphatic heterocycles. The lowest BCUT2D eigenvalue weighted by Gasteiger charge is -2.26. The van der Waals surface area contributed by atoms with Crippen molar-refractivity contribution in [1.82, 2.24) is 20.2 Å². The minimum atomic E-state index is -4.60. The number of sulfone groups is 1. The van der Waals surface area contributed by atoms with E-state index in [-0.39, 0.29) is 36.1 Å². The molecular weight excluding hydrogens is 361 g/mol. The van der Waals surface area contributed by atoms with Crippen LogP contribution in [-0.4, -0.2) is 53.4 Å². The van der Waals surface area contributed by atoms with E-state index in [4.69, 9.17) is 0 Å². The molecule has 0 aliphatic carbocycles. The number of alkyl halides is 3. The van der Waals surface area contributed by atoms with E-state index in [1.165, 1.54) is 11.8 Å². The molecule has 0 bridgehead atoms. The largest absolute Gasteiger partial charge is 0.433 e. The number of urea groups is 1. The van der Waals surface area contributed by atoms with Crippen molar-refractivity contribution in [2.75, 3.05) is 18.1 Å². The Morgan fingerprint density at radius 1 is 1.40 bits per heavy atom. The van der Waals surface area contributed by atoms with Gasteiger partial charge in [-0.05, 0) is 26.3 Å². The lowest BCUT2D eigenvalue weighted by Crippen LogP contribution is -2.46. The second kappa shape index (κ2) is 7.14. The van der Waals surface area contributed by atoms with Gasteiger partial charge < -0.3 is 10.2 Å². The average molecular weight is 380 g/mol. The zero-order valence-corrected chi connectivity index (χ0v) is 14.6. The van der Waals surface area contributed by atoms with E-state index >= 15 is 0 Å². The van der Waals surface area contributed by atoms with Crippen molar-refractivity contribution in [2.45, 2.75) is 39.0 Å². The van der Waals surface area contributed by atoms with E-state index in [0.29, 0.717) is 6.42 Å². The van der Waals surface area contributed by atoms with E-state index in [1.807, 2.05) is 0 Å². The Balaban J connectivity index is 2.05. The predicted octanol–water partition coefficient (Wildman–Crippen LogP) is 1.52. The van der Waals surface area contributed by atoms with Crippen LogP contribution in [0.1, 0.15) is 30.6 Å². The van der Waals surface area contributed by atoms with Crippen LogP contribution < -0.4 is 5.32 Å². The number of hydrogen-bond donors (Lipinski definition) is 1. The summed E-state index contributed by atoms with van der Waals surface area (Å²) in [6.07, 6.45) is -4.25. The standard InChI is InChI=1S/C14H19F3N4O3S/c1-3-21(10-4-5-25(23,24)8-10)13(22)18-7-12-19-9(2)6-11(20-12)14(15,16)17/h6,10H,3-5,7-8H2,1-2H3,(H,18,22). The van der Waals surface area contributed by atoms with Crippen molar-refractivity contribution in [3.8, 4) is 0 Å². The number of nitrogens with zero attached hydrogens (tertiary/aromatic N) is 3. The smallest absolute Gasteiger partial charge is 0.331 e. The van der Waals surface area contributed by atoms with Crippen LogP contribution in [0, 0.1) is 6.92 Å². The molecule has 1 aromatic rings. The van der Waals surface area contributed by atoms with E-state index in [2.05, 4.69) is 15.3 Å². The summed E-state index contributed by atoms with van der Waals surface area (Å²) in [4.78, 5) is 20.9. The molecule has 25 heavy (non-hydrogen) atoms. The average Bonchev–Trinajstić information content (AvgIpc) is 2.84. The highest BCUT2D eigenvalue weighted by Crippen LogP contribution is 2.27. The van der Waals surface area contributed by atoms with E-state index < -0.39 is 33.8 Å². The minimum absolute atomic E-state index is 0.0252.